The standard InChI is InChI=1S/C13H12N2O5/c16-11(8-2-1-5-19-8)14-15-12(17)9-6-3-4-7(20-6)10(9)13(15)18/h1-2,5-7,9-10H,3-4H2,(H,14,16)/t6-,7-,9-,10+/m1/s1. The molecule has 3 aliphatic heterocycles. The van der Waals surface area contributed by atoms with Gasteiger partial charge in [0.1, 0.15) is 0 Å². The Morgan fingerprint density at radius 1 is 1.20 bits per heavy atom. The lowest BCUT2D eigenvalue weighted by Crippen LogP contribution is -2.47. The first-order chi connectivity index (χ1) is 9.66. The molecule has 0 aliphatic carbocycles. The van der Waals surface area contributed by atoms with E-state index in [9.17, 15) is 14.4 Å². The Morgan fingerprint density at radius 2 is 1.85 bits per heavy atom. The fourth-order valence-corrected chi connectivity index (χ4v) is 3.39. The lowest BCUT2D eigenvalue weighted by molar-refractivity contribution is -0.145. The SMILES string of the molecule is O=C(NN1C(=O)[C@@H]2[C@H](C1=O)[C@H]1CC[C@H]2O1)c1ccco1. The zero-order valence-electron chi connectivity index (χ0n) is 10.4. The molecule has 2 bridgehead atoms. The maximum atomic E-state index is 12.3. The van der Waals surface area contributed by atoms with E-state index in [0.717, 1.165) is 17.9 Å². The van der Waals surface area contributed by atoms with Gasteiger partial charge < -0.3 is 9.15 Å². The molecule has 0 aromatic carbocycles. The normalized spacial score (nSPS) is 34.7. The molecule has 1 N–H and O–H groups in total. The number of imide groups is 1. The second-order valence-corrected chi connectivity index (χ2v) is 5.27. The molecule has 7 heteroatoms. The van der Waals surface area contributed by atoms with Crippen molar-refractivity contribution in [2.45, 2.75) is 25.0 Å². The number of amides is 3. The summed E-state index contributed by atoms with van der Waals surface area (Å²) in [6.45, 7) is 0. The Balaban J connectivity index is 1.57. The van der Waals surface area contributed by atoms with Gasteiger partial charge in [0.25, 0.3) is 11.8 Å². The summed E-state index contributed by atoms with van der Waals surface area (Å²) in [5, 5.41) is 0.827. The first kappa shape index (κ1) is 11.7. The van der Waals surface area contributed by atoms with Crippen LogP contribution in [-0.4, -0.2) is 34.9 Å². The third-order valence-corrected chi connectivity index (χ3v) is 4.24. The van der Waals surface area contributed by atoms with E-state index in [1.54, 1.807) is 6.07 Å². The van der Waals surface area contributed by atoms with E-state index in [-0.39, 0.29) is 29.8 Å². The zero-order valence-corrected chi connectivity index (χ0v) is 10.4. The fraction of sp³-hybridized carbons (Fsp3) is 0.462. The number of carbonyl (C=O) groups excluding carboxylic acids is 3. The largest absolute Gasteiger partial charge is 0.459 e. The number of ether oxygens (including phenoxy) is 1. The van der Waals surface area contributed by atoms with Crippen molar-refractivity contribution in [1.29, 1.82) is 0 Å². The van der Waals surface area contributed by atoms with Gasteiger partial charge in [-0.2, -0.15) is 5.01 Å². The van der Waals surface area contributed by atoms with Crippen molar-refractivity contribution in [1.82, 2.24) is 10.4 Å². The number of furan rings is 1. The molecule has 104 valence electrons. The molecule has 3 amide bonds. The minimum Gasteiger partial charge on any atom is -0.459 e. The van der Waals surface area contributed by atoms with Crippen LogP contribution in [0, 0.1) is 11.8 Å². The van der Waals surface area contributed by atoms with Gasteiger partial charge in [-0.25, -0.2) is 0 Å². The molecule has 3 saturated heterocycles. The summed E-state index contributed by atoms with van der Waals surface area (Å²) in [4.78, 5) is 36.4. The van der Waals surface area contributed by atoms with E-state index in [0.29, 0.717) is 0 Å². The molecule has 0 radical (unpaired) electrons. The van der Waals surface area contributed by atoms with Gasteiger partial charge in [0.05, 0.1) is 30.3 Å². The highest BCUT2D eigenvalue weighted by molar-refractivity contribution is 6.08. The van der Waals surface area contributed by atoms with Gasteiger partial charge in [0, 0.05) is 0 Å². The Hall–Kier alpha value is -2.15. The number of hydrogen-bond donors (Lipinski definition) is 1. The van der Waals surface area contributed by atoms with E-state index in [2.05, 4.69) is 5.43 Å². The monoisotopic (exact) mass is 276 g/mol. The molecule has 4 atom stereocenters. The molecule has 0 saturated carbocycles. The molecule has 3 aliphatic rings. The van der Waals surface area contributed by atoms with Crippen LogP contribution in [0.3, 0.4) is 0 Å². The summed E-state index contributed by atoms with van der Waals surface area (Å²) >= 11 is 0. The van der Waals surface area contributed by atoms with E-state index in [1.807, 2.05) is 0 Å². The molecule has 0 unspecified atom stereocenters. The van der Waals surface area contributed by atoms with Gasteiger partial charge >= 0.3 is 5.91 Å². The maximum absolute atomic E-state index is 12.3. The number of carbonyl (C=O) groups is 3. The van der Waals surface area contributed by atoms with Gasteiger partial charge in [0.2, 0.25) is 0 Å². The van der Waals surface area contributed by atoms with Gasteiger partial charge in [-0.1, -0.05) is 0 Å². The van der Waals surface area contributed by atoms with Gasteiger partial charge in [-0.05, 0) is 25.0 Å². The fourth-order valence-electron chi connectivity index (χ4n) is 3.39. The number of fused-ring (bicyclic) bond motifs is 5. The van der Waals surface area contributed by atoms with Crippen LogP contribution in [-0.2, 0) is 14.3 Å². The Kier molecular flexibility index (Phi) is 2.29. The second kappa shape index (κ2) is 3.92. The molecule has 1 aromatic rings. The summed E-state index contributed by atoms with van der Waals surface area (Å²) in [6, 6.07) is 3.03. The zero-order chi connectivity index (χ0) is 13.9. The van der Waals surface area contributed by atoms with Gasteiger partial charge in [0.15, 0.2) is 5.76 Å². The minimum absolute atomic E-state index is 0.0573. The van der Waals surface area contributed by atoms with Crippen LogP contribution in [0.1, 0.15) is 23.4 Å². The summed E-state index contributed by atoms with van der Waals surface area (Å²) in [5.74, 6) is -2.21. The number of hydrazine groups is 1. The van der Waals surface area contributed by atoms with Crippen LogP contribution in [0.4, 0.5) is 0 Å². The highest BCUT2D eigenvalue weighted by Gasteiger charge is 2.62. The highest BCUT2D eigenvalue weighted by atomic mass is 16.5. The molecule has 7 nitrogen and oxygen atoms in total. The quantitative estimate of drug-likeness (QED) is 0.773. The molecule has 1 aromatic heterocycles. The van der Waals surface area contributed by atoms with Crippen LogP contribution < -0.4 is 5.43 Å². The predicted molar refractivity (Wildman–Crippen MR) is 62.9 cm³/mol. The van der Waals surface area contributed by atoms with E-state index >= 15 is 0 Å². The number of nitrogens with zero attached hydrogens (tertiary/aromatic N) is 1. The molecule has 20 heavy (non-hydrogen) atoms. The highest BCUT2D eigenvalue weighted by Crippen LogP contribution is 2.47. The average Bonchev–Trinajstić information content (AvgIpc) is 3.18. The Bertz CT molecular complexity index is 568. The van der Waals surface area contributed by atoms with Crippen molar-refractivity contribution in [2.75, 3.05) is 0 Å². The predicted octanol–water partition coefficient (Wildman–Crippen LogP) is 0.0868. The molecule has 4 rings (SSSR count). The lowest BCUT2D eigenvalue weighted by atomic mass is 9.81. The van der Waals surface area contributed by atoms with Crippen molar-refractivity contribution in [3.63, 3.8) is 0 Å². The van der Waals surface area contributed by atoms with Crippen molar-refractivity contribution in [3.05, 3.63) is 24.2 Å². The molecular formula is C13H12N2O5. The van der Waals surface area contributed by atoms with Crippen LogP contribution in [0.15, 0.2) is 22.8 Å². The summed E-state index contributed by atoms with van der Waals surface area (Å²) < 4.78 is 10.5. The molecule has 0 spiro atoms. The van der Waals surface area contributed by atoms with Gasteiger partial charge in [-0.15, -0.1) is 0 Å². The second-order valence-electron chi connectivity index (χ2n) is 5.27. The Morgan fingerprint density at radius 3 is 2.40 bits per heavy atom. The van der Waals surface area contributed by atoms with Crippen molar-refractivity contribution >= 4 is 17.7 Å². The van der Waals surface area contributed by atoms with Crippen LogP contribution >= 0.6 is 0 Å². The van der Waals surface area contributed by atoms with Gasteiger partial charge in [-0.3, -0.25) is 19.8 Å². The summed E-state index contributed by atoms with van der Waals surface area (Å²) in [7, 11) is 0. The van der Waals surface area contributed by atoms with E-state index in [4.69, 9.17) is 9.15 Å². The average molecular weight is 276 g/mol. The molecule has 4 heterocycles. The van der Waals surface area contributed by atoms with Crippen molar-refractivity contribution in [2.24, 2.45) is 11.8 Å². The molecule has 3 fully saturated rings. The van der Waals surface area contributed by atoms with Crippen LogP contribution in [0.5, 0.6) is 0 Å². The molecular weight excluding hydrogens is 264 g/mol. The van der Waals surface area contributed by atoms with Crippen LogP contribution in [0.2, 0.25) is 0 Å². The third-order valence-electron chi connectivity index (χ3n) is 4.24. The van der Waals surface area contributed by atoms with Crippen molar-refractivity contribution in [3.8, 4) is 0 Å². The van der Waals surface area contributed by atoms with Crippen LogP contribution in [0.25, 0.3) is 0 Å². The summed E-state index contributed by atoms with van der Waals surface area (Å²) in [6.07, 6.45) is 2.57. The van der Waals surface area contributed by atoms with E-state index in [1.165, 1.54) is 12.3 Å². The first-order valence-electron chi connectivity index (χ1n) is 6.54. The minimum atomic E-state index is -0.607. The summed E-state index contributed by atoms with van der Waals surface area (Å²) in [5.41, 5.74) is 2.32. The third kappa shape index (κ3) is 1.41. The van der Waals surface area contributed by atoms with Crippen molar-refractivity contribution < 1.29 is 23.5 Å². The maximum Gasteiger partial charge on any atom is 0.305 e. The lowest BCUT2D eigenvalue weighted by Gasteiger charge is -2.17. The first-order valence-corrected chi connectivity index (χ1v) is 6.54. The smallest absolute Gasteiger partial charge is 0.305 e. The Labute approximate surface area is 113 Å². The number of nitrogens with one attached hydrogen (secondary N) is 1. The van der Waals surface area contributed by atoms with E-state index < -0.39 is 17.7 Å². The number of rotatable bonds is 2. The topological polar surface area (TPSA) is 88.9 Å². The number of hydrogen-bond acceptors (Lipinski definition) is 5.